The summed E-state index contributed by atoms with van der Waals surface area (Å²) in [7, 11) is 0. The first-order chi connectivity index (χ1) is 13.0. The highest BCUT2D eigenvalue weighted by Crippen LogP contribution is 2.12. The molecule has 0 aliphatic carbocycles. The quantitative estimate of drug-likeness (QED) is 0.844. The van der Waals surface area contributed by atoms with Crippen LogP contribution in [-0.2, 0) is 17.8 Å². The Labute approximate surface area is 168 Å². The molecule has 0 atom stereocenters. The summed E-state index contributed by atoms with van der Waals surface area (Å²) >= 11 is 11.7. The second-order valence-electron chi connectivity index (χ2n) is 6.46. The van der Waals surface area contributed by atoms with Crippen molar-refractivity contribution in [3.63, 3.8) is 0 Å². The van der Waals surface area contributed by atoms with E-state index in [1.165, 1.54) is 0 Å². The molecule has 2 aromatic rings. The monoisotopic (exact) mass is 405 g/mol. The van der Waals surface area contributed by atoms with Crippen molar-refractivity contribution < 1.29 is 9.59 Å². The van der Waals surface area contributed by atoms with Gasteiger partial charge >= 0.3 is 6.03 Å². The van der Waals surface area contributed by atoms with Gasteiger partial charge in [0.1, 0.15) is 0 Å². The molecule has 1 fully saturated rings. The highest BCUT2D eigenvalue weighted by molar-refractivity contribution is 6.30. The van der Waals surface area contributed by atoms with Gasteiger partial charge in [-0.3, -0.25) is 4.79 Å². The number of hydrogen-bond acceptors (Lipinski definition) is 2. The Morgan fingerprint density at radius 2 is 1.26 bits per heavy atom. The van der Waals surface area contributed by atoms with Crippen LogP contribution in [0.3, 0.4) is 0 Å². The predicted molar refractivity (Wildman–Crippen MR) is 107 cm³/mol. The largest absolute Gasteiger partial charge is 0.339 e. The van der Waals surface area contributed by atoms with Gasteiger partial charge in [-0.05, 0) is 35.4 Å². The van der Waals surface area contributed by atoms with Crippen LogP contribution in [0.2, 0.25) is 10.0 Å². The number of urea groups is 1. The van der Waals surface area contributed by atoms with Crippen LogP contribution >= 0.6 is 23.2 Å². The van der Waals surface area contributed by atoms with Crippen molar-refractivity contribution in [2.24, 2.45) is 0 Å². The highest BCUT2D eigenvalue weighted by atomic mass is 35.5. The van der Waals surface area contributed by atoms with E-state index in [1.807, 2.05) is 24.3 Å². The van der Waals surface area contributed by atoms with Crippen LogP contribution < -0.4 is 5.32 Å². The summed E-state index contributed by atoms with van der Waals surface area (Å²) in [5.74, 6) is 0.0681. The Morgan fingerprint density at radius 1 is 0.778 bits per heavy atom. The molecule has 0 radical (unpaired) electrons. The van der Waals surface area contributed by atoms with Gasteiger partial charge in [-0.25, -0.2) is 4.79 Å². The third kappa shape index (κ3) is 5.62. The summed E-state index contributed by atoms with van der Waals surface area (Å²) in [6.07, 6.45) is 0.347. The Kier molecular flexibility index (Phi) is 6.58. The van der Waals surface area contributed by atoms with E-state index in [2.05, 4.69) is 5.32 Å². The molecule has 1 aliphatic rings. The number of halogens is 2. The minimum atomic E-state index is -0.116. The minimum Gasteiger partial charge on any atom is -0.339 e. The molecule has 5 nitrogen and oxygen atoms in total. The fourth-order valence-electron chi connectivity index (χ4n) is 2.94. The van der Waals surface area contributed by atoms with E-state index in [9.17, 15) is 9.59 Å². The van der Waals surface area contributed by atoms with Gasteiger partial charge in [-0.2, -0.15) is 0 Å². The lowest BCUT2D eigenvalue weighted by Crippen LogP contribution is -2.53. The molecular weight excluding hydrogens is 385 g/mol. The smallest absolute Gasteiger partial charge is 0.317 e. The zero-order valence-electron chi connectivity index (χ0n) is 14.8. The number of amides is 3. The molecule has 2 aromatic carbocycles. The second-order valence-corrected chi connectivity index (χ2v) is 7.33. The van der Waals surface area contributed by atoms with Crippen LogP contribution in [0.15, 0.2) is 48.5 Å². The number of nitrogens with zero attached hydrogens (tertiary/aromatic N) is 2. The highest BCUT2D eigenvalue weighted by Gasteiger charge is 2.24. The van der Waals surface area contributed by atoms with E-state index in [0.717, 1.165) is 11.1 Å². The van der Waals surface area contributed by atoms with Crippen molar-refractivity contribution in [3.05, 3.63) is 69.7 Å². The molecule has 3 amide bonds. The molecule has 27 heavy (non-hydrogen) atoms. The molecule has 0 saturated carbocycles. The molecule has 1 saturated heterocycles. The maximum atomic E-state index is 12.4. The van der Waals surface area contributed by atoms with E-state index < -0.39 is 0 Å². The van der Waals surface area contributed by atoms with E-state index in [4.69, 9.17) is 23.2 Å². The number of hydrogen-bond donors (Lipinski definition) is 1. The predicted octanol–water partition coefficient (Wildman–Crippen LogP) is 3.59. The molecule has 142 valence electrons. The van der Waals surface area contributed by atoms with Crippen molar-refractivity contribution in [2.75, 3.05) is 26.2 Å². The van der Waals surface area contributed by atoms with Crippen LogP contribution in [0, 0.1) is 0 Å². The molecule has 1 N–H and O–H groups in total. The first kappa shape index (κ1) is 19.5. The Hall–Kier alpha value is -2.24. The molecule has 0 spiro atoms. The number of nitrogens with one attached hydrogen (secondary N) is 1. The van der Waals surface area contributed by atoms with Gasteiger partial charge in [0.05, 0.1) is 6.42 Å². The molecule has 1 heterocycles. The summed E-state index contributed by atoms with van der Waals surface area (Å²) in [6.45, 7) is 2.59. The summed E-state index contributed by atoms with van der Waals surface area (Å²) in [5.41, 5.74) is 1.93. The van der Waals surface area contributed by atoms with Gasteiger partial charge in [-0.1, -0.05) is 47.5 Å². The summed E-state index contributed by atoms with van der Waals surface area (Å²) in [5, 5.41) is 4.23. The Bertz CT molecular complexity index is 786. The topological polar surface area (TPSA) is 52.7 Å². The minimum absolute atomic E-state index is 0.0681. The zero-order valence-corrected chi connectivity index (χ0v) is 16.3. The fraction of sp³-hybridized carbons (Fsp3) is 0.300. The van der Waals surface area contributed by atoms with Crippen LogP contribution in [-0.4, -0.2) is 47.9 Å². The van der Waals surface area contributed by atoms with E-state index >= 15 is 0 Å². The number of carbonyl (C=O) groups is 2. The fourth-order valence-corrected chi connectivity index (χ4v) is 3.19. The van der Waals surface area contributed by atoms with Crippen molar-refractivity contribution in [2.45, 2.75) is 13.0 Å². The molecular formula is C20H21Cl2N3O2. The van der Waals surface area contributed by atoms with E-state index in [1.54, 1.807) is 34.1 Å². The summed E-state index contributed by atoms with van der Waals surface area (Å²) in [6, 6.07) is 14.5. The molecule has 7 heteroatoms. The van der Waals surface area contributed by atoms with Crippen LogP contribution in [0.1, 0.15) is 11.1 Å². The van der Waals surface area contributed by atoms with Gasteiger partial charge in [0.15, 0.2) is 0 Å². The number of piperazine rings is 1. The van der Waals surface area contributed by atoms with Gasteiger partial charge in [-0.15, -0.1) is 0 Å². The van der Waals surface area contributed by atoms with E-state index in [-0.39, 0.29) is 11.9 Å². The third-order valence-electron chi connectivity index (χ3n) is 4.55. The third-order valence-corrected chi connectivity index (χ3v) is 5.05. The molecule has 3 rings (SSSR count). The van der Waals surface area contributed by atoms with Gasteiger partial charge in [0, 0.05) is 42.8 Å². The van der Waals surface area contributed by atoms with Gasteiger partial charge < -0.3 is 15.1 Å². The Morgan fingerprint density at radius 3 is 1.81 bits per heavy atom. The average Bonchev–Trinajstić information content (AvgIpc) is 2.69. The van der Waals surface area contributed by atoms with Crippen molar-refractivity contribution in [1.29, 1.82) is 0 Å². The van der Waals surface area contributed by atoms with Gasteiger partial charge in [0.25, 0.3) is 0 Å². The number of rotatable bonds is 4. The molecule has 0 unspecified atom stereocenters. The lowest BCUT2D eigenvalue weighted by molar-refractivity contribution is -0.131. The molecule has 1 aliphatic heterocycles. The SMILES string of the molecule is O=C(Cc1ccc(Cl)cc1)N1CCN(C(=O)NCc2ccc(Cl)cc2)CC1. The van der Waals surface area contributed by atoms with Crippen molar-refractivity contribution >= 4 is 35.1 Å². The maximum absolute atomic E-state index is 12.4. The summed E-state index contributed by atoms with van der Waals surface area (Å²) in [4.78, 5) is 28.3. The van der Waals surface area contributed by atoms with Crippen LogP contribution in [0.25, 0.3) is 0 Å². The molecule has 0 bridgehead atoms. The maximum Gasteiger partial charge on any atom is 0.317 e. The first-order valence-electron chi connectivity index (χ1n) is 8.81. The Balaban J connectivity index is 1.43. The first-order valence-corrected chi connectivity index (χ1v) is 9.56. The average molecular weight is 406 g/mol. The zero-order chi connectivity index (χ0) is 19.2. The van der Waals surface area contributed by atoms with Crippen LogP contribution in [0.5, 0.6) is 0 Å². The van der Waals surface area contributed by atoms with Crippen molar-refractivity contribution in [3.8, 4) is 0 Å². The lowest BCUT2D eigenvalue weighted by atomic mass is 10.1. The molecule has 0 aromatic heterocycles. The van der Waals surface area contributed by atoms with E-state index in [0.29, 0.717) is 49.2 Å². The standard InChI is InChI=1S/C20H21Cl2N3O2/c21-17-5-1-15(2-6-17)13-19(26)24-9-11-25(12-10-24)20(27)23-14-16-3-7-18(22)8-4-16/h1-8H,9-14H2,(H,23,27). The van der Waals surface area contributed by atoms with Gasteiger partial charge in [0.2, 0.25) is 5.91 Å². The van der Waals surface area contributed by atoms with Crippen LogP contribution in [0.4, 0.5) is 4.79 Å². The van der Waals surface area contributed by atoms with Crippen molar-refractivity contribution in [1.82, 2.24) is 15.1 Å². The number of benzene rings is 2. The second kappa shape index (κ2) is 9.11. The summed E-state index contributed by atoms with van der Waals surface area (Å²) < 4.78 is 0. The lowest BCUT2D eigenvalue weighted by Gasteiger charge is -2.34. The normalized spacial score (nSPS) is 14.1. The number of carbonyl (C=O) groups excluding carboxylic acids is 2.